The van der Waals surface area contributed by atoms with Gasteiger partial charge in [0.05, 0.1) is 6.54 Å². The van der Waals surface area contributed by atoms with E-state index in [1.807, 2.05) is 16.7 Å². The Morgan fingerprint density at radius 3 is 2.36 bits per heavy atom. The van der Waals surface area contributed by atoms with E-state index in [4.69, 9.17) is 0 Å². The minimum Gasteiger partial charge on any atom is -0.339 e. The quantitative estimate of drug-likeness (QED) is 0.721. The lowest BCUT2D eigenvalue weighted by Crippen LogP contribution is -2.52. The van der Waals surface area contributed by atoms with Crippen LogP contribution in [0.5, 0.6) is 0 Å². The summed E-state index contributed by atoms with van der Waals surface area (Å²) in [5, 5.41) is 0. The summed E-state index contributed by atoms with van der Waals surface area (Å²) in [5.41, 5.74) is 0. The van der Waals surface area contributed by atoms with Crippen LogP contribution in [0.25, 0.3) is 0 Å². The monoisotopic (exact) mass is 411 g/mol. The zero-order chi connectivity index (χ0) is 20.1. The van der Waals surface area contributed by atoms with Gasteiger partial charge >= 0.3 is 0 Å². The SMILES string of the molecule is CCN(C(=O)CN1CCN(S(=O)(=O)c2ccccc2F)CC1)C1CCCCC1. The molecule has 0 unspecified atom stereocenters. The average molecular weight is 412 g/mol. The number of carbonyl (C=O) groups excluding carboxylic acids is 1. The van der Waals surface area contributed by atoms with Gasteiger partial charge in [0.25, 0.3) is 0 Å². The smallest absolute Gasteiger partial charge is 0.246 e. The first-order chi connectivity index (χ1) is 13.4. The average Bonchev–Trinajstić information content (AvgIpc) is 2.70. The summed E-state index contributed by atoms with van der Waals surface area (Å²) in [6.07, 6.45) is 5.77. The van der Waals surface area contributed by atoms with Crippen molar-refractivity contribution >= 4 is 15.9 Å². The Bertz CT molecular complexity index is 773. The number of hydrogen-bond acceptors (Lipinski definition) is 4. The molecule has 2 fully saturated rings. The van der Waals surface area contributed by atoms with E-state index in [1.165, 1.54) is 41.8 Å². The van der Waals surface area contributed by atoms with Gasteiger partial charge in [-0.1, -0.05) is 31.4 Å². The van der Waals surface area contributed by atoms with E-state index >= 15 is 0 Å². The van der Waals surface area contributed by atoms with Crippen LogP contribution >= 0.6 is 0 Å². The van der Waals surface area contributed by atoms with Gasteiger partial charge in [0, 0.05) is 38.8 Å². The first-order valence-electron chi connectivity index (χ1n) is 10.2. The van der Waals surface area contributed by atoms with Gasteiger partial charge in [0.2, 0.25) is 15.9 Å². The minimum absolute atomic E-state index is 0.125. The fourth-order valence-electron chi connectivity index (χ4n) is 4.23. The van der Waals surface area contributed by atoms with Crippen LogP contribution in [0.2, 0.25) is 0 Å². The van der Waals surface area contributed by atoms with Gasteiger partial charge in [-0.05, 0) is 31.9 Å². The van der Waals surface area contributed by atoms with E-state index < -0.39 is 15.8 Å². The van der Waals surface area contributed by atoms with E-state index in [2.05, 4.69) is 0 Å². The molecule has 1 heterocycles. The number of halogens is 1. The van der Waals surface area contributed by atoms with E-state index in [1.54, 1.807) is 0 Å². The third-order valence-corrected chi connectivity index (χ3v) is 7.75. The van der Waals surface area contributed by atoms with Gasteiger partial charge < -0.3 is 4.90 Å². The molecular formula is C20H30FN3O3S. The fourth-order valence-corrected chi connectivity index (χ4v) is 5.72. The number of amides is 1. The molecule has 156 valence electrons. The van der Waals surface area contributed by atoms with Crippen LogP contribution in [-0.2, 0) is 14.8 Å². The molecule has 3 rings (SSSR count). The molecular weight excluding hydrogens is 381 g/mol. The van der Waals surface area contributed by atoms with E-state index in [0.29, 0.717) is 32.2 Å². The highest BCUT2D eigenvalue weighted by molar-refractivity contribution is 7.89. The Morgan fingerprint density at radius 1 is 1.11 bits per heavy atom. The highest BCUT2D eigenvalue weighted by Crippen LogP contribution is 2.23. The fraction of sp³-hybridized carbons (Fsp3) is 0.650. The predicted octanol–water partition coefficient (Wildman–Crippen LogP) is 2.31. The second-order valence-electron chi connectivity index (χ2n) is 7.58. The molecule has 1 aromatic carbocycles. The standard InChI is InChI=1S/C20H30FN3O3S/c1-2-24(17-8-4-3-5-9-17)20(25)16-22-12-14-23(15-13-22)28(26,27)19-11-7-6-10-18(19)21/h6-7,10-11,17H,2-5,8-9,12-16H2,1H3. The lowest BCUT2D eigenvalue weighted by molar-refractivity contribution is -0.135. The molecule has 0 aromatic heterocycles. The lowest BCUT2D eigenvalue weighted by Gasteiger charge is -2.37. The zero-order valence-corrected chi connectivity index (χ0v) is 17.3. The third kappa shape index (κ3) is 4.72. The van der Waals surface area contributed by atoms with E-state index in [9.17, 15) is 17.6 Å². The van der Waals surface area contributed by atoms with Crippen molar-refractivity contribution in [2.24, 2.45) is 0 Å². The number of nitrogens with zero attached hydrogens (tertiary/aromatic N) is 3. The number of carbonyl (C=O) groups is 1. The maximum absolute atomic E-state index is 13.9. The molecule has 1 aliphatic heterocycles. The van der Waals surface area contributed by atoms with E-state index in [0.717, 1.165) is 18.9 Å². The Balaban J connectivity index is 1.56. The number of piperazine rings is 1. The maximum atomic E-state index is 13.9. The molecule has 6 nitrogen and oxygen atoms in total. The molecule has 2 aliphatic rings. The number of hydrogen-bond donors (Lipinski definition) is 0. The summed E-state index contributed by atoms with van der Waals surface area (Å²) in [4.78, 5) is 16.5. The van der Waals surface area contributed by atoms with Crippen molar-refractivity contribution in [3.63, 3.8) is 0 Å². The normalized spacial score (nSPS) is 20.2. The highest BCUT2D eigenvalue weighted by atomic mass is 32.2. The maximum Gasteiger partial charge on any atom is 0.246 e. The minimum atomic E-state index is -3.85. The van der Waals surface area contributed by atoms with Gasteiger partial charge in [-0.3, -0.25) is 9.69 Å². The van der Waals surface area contributed by atoms with Crippen LogP contribution in [0.15, 0.2) is 29.2 Å². The molecule has 1 saturated carbocycles. The number of sulfonamides is 1. The summed E-state index contributed by atoms with van der Waals surface area (Å²) < 4.78 is 40.6. The topological polar surface area (TPSA) is 60.9 Å². The Morgan fingerprint density at radius 2 is 1.75 bits per heavy atom. The number of likely N-dealkylation sites (N-methyl/N-ethyl adjacent to an activating group) is 1. The molecule has 0 N–H and O–H groups in total. The van der Waals surface area contributed by atoms with Crippen LogP contribution in [0.3, 0.4) is 0 Å². The largest absolute Gasteiger partial charge is 0.339 e. The van der Waals surface area contributed by atoms with Crippen LogP contribution in [0.1, 0.15) is 39.0 Å². The van der Waals surface area contributed by atoms with Crippen molar-refractivity contribution < 1.29 is 17.6 Å². The molecule has 0 atom stereocenters. The lowest BCUT2D eigenvalue weighted by atomic mass is 9.94. The molecule has 1 aliphatic carbocycles. The van der Waals surface area contributed by atoms with Crippen molar-refractivity contribution in [3.05, 3.63) is 30.1 Å². The van der Waals surface area contributed by atoms with E-state index in [-0.39, 0.29) is 23.9 Å². The predicted molar refractivity (Wildman–Crippen MR) is 106 cm³/mol. The Hall–Kier alpha value is -1.51. The van der Waals surface area contributed by atoms with Crippen molar-refractivity contribution in [2.75, 3.05) is 39.3 Å². The molecule has 0 spiro atoms. The molecule has 0 bridgehead atoms. The van der Waals surface area contributed by atoms with Crippen LogP contribution in [-0.4, -0.2) is 73.7 Å². The molecule has 1 amide bonds. The Labute approximate surface area is 167 Å². The highest BCUT2D eigenvalue weighted by Gasteiger charge is 2.32. The second kappa shape index (κ2) is 9.33. The van der Waals surface area contributed by atoms with Crippen molar-refractivity contribution in [2.45, 2.75) is 50.0 Å². The van der Waals surface area contributed by atoms with Crippen LogP contribution in [0, 0.1) is 5.82 Å². The van der Waals surface area contributed by atoms with Gasteiger partial charge in [0.1, 0.15) is 10.7 Å². The second-order valence-corrected chi connectivity index (χ2v) is 9.49. The molecule has 0 radical (unpaired) electrons. The van der Waals surface area contributed by atoms with Crippen LogP contribution in [0.4, 0.5) is 4.39 Å². The zero-order valence-electron chi connectivity index (χ0n) is 16.5. The molecule has 28 heavy (non-hydrogen) atoms. The van der Waals surface area contributed by atoms with Crippen molar-refractivity contribution in [1.82, 2.24) is 14.1 Å². The third-order valence-electron chi connectivity index (χ3n) is 5.82. The number of rotatable bonds is 6. The van der Waals surface area contributed by atoms with Gasteiger partial charge in [0.15, 0.2) is 0 Å². The summed E-state index contributed by atoms with van der Waals surface area (Å²) in [5.74, 6) is -0.606. The Kier molecular flexibility index (Phi) is 7.06. The van der Waals surface area contributed by atoms with Crippen LogP contribution < -0.4 is 0 Å². The van der Waals surface area contributed by atoms with Crippen molar-refractivity contribution in [1.29, 1.82) is 0 Å². The summed E-state index contributed by atoms with van der Waals surface area (Å²) in [7, 11) is -3.85. The summed E-state index contributed by atoms with van der Waals surface area (Å²) in [6, 6.07) is 5.80. The molecule has 1 aromatic rings. The molecule has 8 heteroatoms. The first kappa shape index (κ1) is 21.2. The molecule has 1 saturated heterocycles. The first-order valence-corrected chi connectivity index (χ1v) is 11.6. The summed E-state index contributed by atoms with van der Waals surface area (Å²) >= 11 is 0. The summed E-state index contributed by atoms with van der Waals surface area (Å²) in [6.45, 7) is 4.52. The van der Waals surface area contributed by atoms with Gasteiger partial charge in [-0.15, -0.1) is 0 Å². The van der Waals surface area contributed by atoms with Crippen molar-refractivity contribution in [3.8, 4) is 0 Å². The number of benzene rings is 1. The van der Waals surface area contributed by atoms with Gasteiger partial charge in [-0.25, -0.2) is 12.8 Å². The van der Waals surface area contributed by atoms with Gasteiger partial charge in [-0.2, -0.15) is 4.31 Å².